The summed E-state index contributed by atoms with van der Waals surface area (Å²) in [4.78, 5) is 30.3. The van der Waals surface area contributed by atoms with Gasteiger partial charge in [0.1, 0.15) is 6.61 Å². The van der Waals surface area contributed by atoms with Crippen LogP contribution in [0.3, 0.4) is 0 Å². The molecule has 0 amide bonds. The maximum atomic E-state index is 10.3. The summed E-state index contributed by atoms with van der Waals surface area (Å²) in [5.74, 6) is -4.21. The van der Waals surface area contributed by atoms with E-state index in [1.165, 1.54) is 0 Å². The molecule has 0 saturated carbocycles. The van der Waals surface area contributed by atoms with Crippen molar-refractivity contribution in [2.75, 3.05) is 6.61 Å². The molecule has 0 bridgehead atoms. The van der Waals surface area contributed by atoms with Gasteiger partial charge < -0.3 is 25.8 Å². The van der Waals surface area contributed by atoms with Gasteiger partial charge in [0.15, 0.2) is 6.10 Å². The average Bonchev–Trinajstić information content (AvgIpc) is 1.96. The van der Waals surface area contributed by atoms with Crippen LogP contribution < -0.4 is 118 Å². The van der Waals surface area contributed by atoms with Crippen molar-refractivity contribution in [2.45, 2.75) is 12.5 Å². The molecule has 1 atom stereocenters. The van der Waals surface area contributed by atoms with Crippen molar-refractivity contribution in [3.8, 4) is 0 Å². The number of carbonyl (C=O) groups is 3. The predicted octanol–water partition coefficient (Wildman–Crippen LogP) is -12.5. The Morgan fingerprint density at radius 1 is 0.941 bits per heavy atom. The monoisotopic (exact) mass is 288 g/mol. The quantitative estimate of drug-likeness (QED) is 0.415. The van der Waals surface area contributed by atoms with E-state index in [1.807, 2.05) is 0 Å². The molecule has 17 heavy (non-hydrogen) atoms. The number of rotatable bonds is 6. The second kappa shape index (κ2) is 18.4. The van der Waals surface area contributed by atoms with Crippen molar-refractivity contribution in [3.63, 3.8) is 0 Å². The van der Waals surface area contributed by atoms with Crippen LogP contribution in [0.4, 0.5) is 0 Å². The molecule has 7 nitrogen and oxygen atoms in total. The summed E-state index contributed by atoms with van der Waals surface area (Å²) in [6.45, 7) is -0.829. The molecule has 11 heteroatoms. The van der Waals surface area contributed by atoms with Gasteiger partial charge in [-0.25, -0.2) is 9.59 Å². The number of carboxylic acid groups (broad SMARTS) is 3. The van der Waals surface area contributed by atoms with Crippen molar-refractivity contribution in [1.82, 2.24) is 0 Å². The Labute approximate surface area is 192 Å². The first-order valence-electron chi connectivity index (χ1n) is 3.21. The maximum Gasteiger partial charge on any atom is 1.00 e. The Morgan fingerprint density at radius 3 is 1.59 bits per heavy atom. The van der Waals surface area contributed by atoms with Crippen LogP contribution in [-0.2, 0) is 19.1 Å². The third-order valence-electron chi connectivity index (χ3n) is 1.04. The van der Waals surface area contributed by atoms with Crippen LogP contribution in [0.2, 0.25) is 0 Å². The van der Waals surface area contributed by atoms with Gasteiger partial charge in [-0.2, -0.15) is 0 Å². The number of carboxylic acids is 3. The van der Waals surface area contributed by atoms with Gasteiger partial charge >= 0.3 is 136 Å². The molecule has 0 aliphatic carbocycles. The zero-order valence-electron chi connectivity index (χ0n) is 14.5. The van der Waals surface area contributed by atoms with E-state index >= 15 is 0 Å². The summed E-state index contributed by atoms with van der Waals surface area (Å²) in [6, 6.07) is 0. The fraction of sp³-hybridized carbons (Fsp3) is 0.500. The normalized spacial score (nSPS) is 9.18. The van der Waals surface area contributed by atoms with Gasteiger partial charge in [0.25, 0.3) is 0 Å². The topological polar surface area (TPSA) is 121 Å². The second-order valence-corrected chi connectivity index (χ2v) is 2.13. The number of aliphatic carboxylic acids is 3. The Balaban J connectivity index is -0.0000000257. The molecule has 0 aromatic carbocycles. The van der Waals surface area contributed by atoms with E-state index in [0.29, 0.717) is 0 Å². The standard InChI is InChI=1S/C6H8O7.4Na.4H/c7-4(8)1-3(6(11)12)13-2-5(9)10;;;;;;;;/h3H,1-2H2,(H,7,8)(H,9,10)(H,11,12);;;;;;;;/q;4*+1;4*-1. The predicted molar refractivity (Wildman–Crippen MR) is 41.7 cm³/mol. The summed E-state index contributed by atoms with van der Waals surface area (Å²) in [7, 11) is 0. The van der Waals surface area contributed by atoms with Crippen LogP contribution >= 0.6 is 0 Å². The summed E-state index contributed by atoms with van der Waals surface area (Å²) >= 11 is 0. The molecule has 0 saturated heterocycles. The summed E-state index contributed by atoms with van der Waals surface area (Å²) in [5.41, 5.74) is 0. The van der Waals surface area contributed by atoms with Gasteiger partial charge in [0.2, 0.25) is 0 Å². The summed E-state index contributed by atoms with van der Waals surface area (Å²) < 4.78 is 4.30. The minimum absolute atomic E-state index is 0. The third-order valence-corrected chi connectivity index (χ3v) is 1.04. The first kappa shape index (κ1) is 31.7. The van der Waals surface area contributed by atoms with Gasteiger partial charge in [0, 0.05) is 0 Å². The molecule has 0 aliphatic heterocycles. The van der Waals surface area contributed by atoms with Gasteiger partial charge in [-0.1, -0.05) is 0 Å². The Bertz CT molecular complexity index is 249. The number of ether oxygens (including phenoxy) is 1. The largest absolute Gasteiger partial charge is 1.00 e. The van der Waals surface area contributed by atoms with Crippen molar-refractivity contribution >= 4 is 17.9 Å². The van der Waals surface area contributed by atoms with Crippen molar-refractivity contribution in [3.05, 3.63) is 0 Å². The molecular weight excluding hydrogens is 276 g/mol. The van der Waals surface area contributed by atoms with Crippen LogP contribution in [0.15, 0.2) is 0 Å². The van der Waals surface area contributed by atoms with Crippen molar-refractivity contribution in [2.24, 2.45) is 0 Å². The fourth-order valence-electron chi connectivity index (χ4n) is 0.548. The van der Waals surface area contributed by atoms with Crippen molar-refractivity contribution in [1.29, 1.82) is 0 Å². The van der Waals surface area contributed by atoms with Crippen LogP contribution in [0.1, 0.15) is 12.1 Å². The first-order valence-corrected chi connectivity index (χ1v) is 3.21. The van der Waals surface area contributed by atoms with Crippen LogP contribution in [0, 0.1) is 0 Å². The molecule has 0 fully saturated rings. The second-order valence-electron chi connectivity index (χ2n) is 2.13. The van der Waals surface area contributed by atoms with E-state index in [1.54, 1.807) is 0 Å². The first-order chi connectivity index (χ1) is 5.93. The van der Waals surface area contributed by atoms with Gasteiger partial charge in [-0.05, 0) is 0 Å². The fourth-order valence-corrected chi connectivity index (χ4v) is 0.548. The summed E-state index contributed by atoms with van der Waals surface area (Å²) in [5, 5.41) is 24.7. The van der Waals surface area contributed by atoms with E-state index in [2.05, 4.69) is 4.74 Å². The van der Waals surface area contributed by atoms with Gasteiger partial charge in [0.05, 0.1) is 6.42 Å². The molecule has 0 aromatic heterocycles. The minimum atomic E-state index is -1.62. The molecule has 0 radical (unpaired) electrons. The van der Waals surface area contributed by atoms with E-state index in [-0.39, 0.29) is 124 Å². The molecular formula is C6H12Na4O7. The third kappa shape index (κ3) is 20.8. The molecule has 0 rings (SSSR count). The van der Waals surface area contributed by atoms with E-state index < -0.39 is 37.0 Å². The molecule has 0 heterocycles. The zero-order valence-corrected chi connectivity index (χ0v) is 18.5. The molecule has 1 unspecified atom stereocenters. The average molecular weight is 288 g/mol. The molecule has 3 N–H and O–H groups in total. The smallest absolute Gasteiger partial charge is 1.00 e. The molecule has 0 aromatic rings. The number of hydrogen-bond acceptors (Lipinski definition) is 4. The molecule has 0 aliphatic rings. The van der Waals surface area contributed by atoms with Crippen LogP contribution in [0.25, 0.3) is 0 Å². The minimum Gasteiger partial charge on any atom is -1.00 e. The zero-order chi connectivity index (χ0) is 10.4. The Kier molecular flexibility index (Phi) is 34.2. The van der Waals surface area contributed by atoms with E-state index in [0.717, 1.165) is 0 Å². The van der Waals surface area contributed by atoms with E-state index in [4.69, 9.17) is 15.3 Å². The van der Waals surface area contributed by atoms with E-state index in [9.17, 15) is 14.4 Å². The summed E-state index contributed by atoms with van der Waals surface area (Å²) in [6.07, 6.45) is -2.38. The van der Waals surface area contributed by atoms with Gasteiger partial charge in [-0.3, -0.25) is 4.79 Å². The molecule has 82 valence electrons. The Hall–Kier alpha value is 2.37. The SMILES string of the molecule is O=C(O)COC(CC(=O)O)C(=O)O.[H-].[H-].[H-].[H-].[Na+].[Na+].[Na+].[Na+]. The van der Waals surface area contributed by atoms with Crippen LogP contribution in [-0.4, -0.2) is 45.9 Å². The van der Waals surface area contributed by atoms with Crippen molar-refractivity contribution < 1.29 is 158 Å². The van der Waals surface area contributed by atoms with Crippen LogP contribution in [0.5, 0.6) is 0 Å². The Morgan fingerprint density at radius 2 is 1.35 bits per heavy atom. The maximum absolute atomic E-state index is 10.3. The molecule has 0 spiro atoms. The number of hydrogen-bond donors (Lipinski definition) is 3. The van der Waals surface area contributed by atoms with Gasteiger partial charge in [-0.15, -0.1) is 0 Å².